The third kappa shape index (κ3) is 6.45. The largest absolute Gasteiger partial charge is 0.490 e. The van der Waals surface area contributed by atoms with Crippen molar-refractivity contribution in [3.63, 3.8) is 0 Å². The fraction of sp³-hybridized carbons (Fsp3) is 0.500. The molecule has 1 aliphatic heterocycles. The normalized spacial score (nSPS) is 19.7. The van der Waals surface area contributed by atoms with Gasteiger partial charge in [0.1, 0.15) is 12.4 Å². The maximum absolute atomic E-state index is 14.3. The summed E-state index contributed by atoms with van der Waals surface area (Å²) in [4.78, 5) is 30.5. The minimum absolute atomic E-state index is 0.0303. The number of halogens is 2. The van der Waals surface area contributed by atoms with Crippen molar-refractivity contribution in [1.82, 2.24) is 4.90 Å². The number of allylic oxidation sites excluding steroid dienone is 4. The highest BCUT2D eigenvalue weighted by Gasteiger charge is 2.49. The zero-order valence-corrected chi connectivity index (χ0v) is 27.4. The fourth-order valence-electron chi connectivity index (χ4n) is 6.94. The molecule has 0 N–H and O–H groups in total. The number of carbonyl (C=O) groups excluding carboxylic acids is 2. The average molecular weight is 624 g/mol. The Bertz CT molecular complexity index is 1470. The highest BCUT2D eigenvalue weighted by atomic mass is 35.5. The Morgan fingerprint density at radius 1 is 0.932 bits per heavy atom. The highest BCUT2D eigenvalue weighted by Crippen LogP contribution is 2.55. The molecule has 0 fully saturated rings. The maximum Gasteiger partial charge on any atom is 0.180 e. The van der Waals surface area contributed by atoms with Gasteiger partial charge in [-0.1, -0.05) is 57.5 Å². The number of Topliss-reactive ketones (excluding diaryl/α,β-unsaturated/α-hetero) is 2. The van der Waals surface area contributed by atoms with Crippen LogP contribution in [0.25, 0.3) is 0 Å². The molecule has 0 amide bonds. The molecule has 1 heterocycles. The first kappa shape index (κ1) is 32.2. The van der Waals surface area contributed by atoms with Crippen LogP contribution in [0.2, 0.25) is 5.02 Å². The Balaban J connectivity index is 1.66. The first-order chi connectivity index (χ1) is 20.9. The van der Waals surface area contributed by atoms with Gasteiger partial charge in [0.2, 0.25) is 0 Å². The summed E-state index contributed by atoms with van der Waals surface area (Å²) in [5.41, 5.74) is 4.01. The van der Waals surface area contributed by atoms with Gasteiger partial charge in [-0.05, 0) is 60.8 Å². The van der Waals surface area contributed by atoms with Crippen LogP contribution < -0.4 is 9.47 Å². The van der Waals surface area contributed by atoms with Gasteiger partial charge >= 0.3 is 0 Å². The molecule has 3 aliphatic rings. The van der Waals surface area contributed by atoms with Gasteiger partial charge in [0.25, 0.3) is 0 Å². The molecule has 6 nitrogen and oxygen atoms in total. The molecule has 0 saturated carbocycles. The number of hydrogen-bond acceptors (Lipinski definition) is 6. The summed E-state index contributed by atoms with van der Waals surface area (Å²) in [6.07, 6.45) is 3.00. The van der Waals surface area contributed by atoms with Gasteiger partial charge in [-0.15, -0.1) is 0 Å². The summed E-state index contributed by atoms with van der Waals surface area (Å²) in [5, 5.41) is 0.279. The topological polar surface area (TPSA) is 65.1 Å². The van der Waals surface area contributed by atoms with Crippen LogP contribution in [0.15, 0.2) is 58.9 Å². The van der Waals surface area contributed by atoms with E-state index in [1.807, 2.05) is 13.0 Å². The Morgan fingerprint density at radius 3 is 2.11 bits per heavy atom. The summed E-state index contributed by atoms with van der Waals surface area (Å²) < 4.78 is 31.8. The molecular formula is C36H43ClFNO5. The number of ether oxygens (including phenoxy) is 3. The summed E-state index contributed by atoms with van der Waals surface area (Å²) in [6, 6.07) is 10.0. The Hall–Kier alpha value is -3.16. The Kier molecular flexibility index (Phi) is 9.29. The number of hydrogen-bond donors (Lipinski definition) is 0. The molecule has 236 valence electrons. The quantitative estimate of drug-likeness (QED) is 0.249. The van der Waals surface area contributed by atoms with Gasteiger partial charge in [-0.3, -0.25) is 9.59 Å². The van der Waals surface area contributed by atoms with Crippen molar-refractivity contribution in [2.45, 2.75) is 79.2 Å². The number of benzene rings is 2. The molecule has 0 bridgehead atoms. The van der Waals surface area contributed by atoms with Crippen molar-refractivity contribution in [1.29, 1.82) is 0 Å². The van der Waals surface area contributed by atoms with E-state index in [0.717, 1.165) is 30.7 Å². The molecule has 2 aromatic rings. The number of nitrogens with zero attached hydrogens (tertiary/aromatic N) is 1. The summed E-state index contributed by atoms with van der Waals surface area (Å²) >= 11 is 6.90. The fourth-order valence-corrected chi connectivity index (χ4v) is 7.21. The standard InChI is InChI=1S/C36H43ClFNO5/c1-7-43-30-16-23(15-24(37)34(30)44-21-22-11-8-9-12-25(22)38)31-32-26(17-35(2,3)19-28(32)40)39(13-10-14-42-6)27-18-36(4,5)20-29(41)33(27)31/h8-9,11-12,15-16,31H,7,10,13-14,17-21H2,1-6H3. The summed E-state index contributed by atoms with van der Waals surface area (Å²) in [5.74, 6) is -0.138. The van der Waals surface area contributed by atoms with Crippen molar-refractivity contribution in [2.24, 2.45) is 10.8 Å². The number of carbonyl (C=O) groups is 2. The monoisotopic (exact) mass is 623 g/mol. The zero-order chi connectivity index (χ0) is 31.8. The molecule has 2 aromatic carbocycles. The molecule has 0 saturated heterocycles. The van der Waals surface area contributed by atoms with Gasteiger partial charge in [-0.25, -0.2) is 4.39 Å². The van der Waals surface area contributed by atoms with E-state index in [0.29, 0.717) is 66.4 Å². The van der Waals surface area contributed by atoms with Gasteiger partial charge < -0.3 is 19.1 Å². The average Bonchev–Trinajstić information content (AvgIpc) is 2.92. The number of methoxy groups -OCH3 is 1. The van der Waals surface area contributed by atoms with Crippen molar-refractivity contribution < 1.29 is 28.2 Å². The molecule has 0 unspecified atom stereocenters. The van der Waals surface area contributed by atoms with Gasteiger partial charge in [0, 0.05) is 67.1 Å². The number of ketones is 2. The zero-order valence-electron chi connectivity index (χ0n) is 26.6. The van der Waals surface area contributed by atoms with E-state index in [1.54, 1.807) is 31.4 Å². The lowest BCUT2D eigenvalue weighted by Crippen LogP contribution is -2.44. The van der Waals surface area contributed by atoms with Gasteiger partial charge in [0.05, 0.1) is 11.6 Å². The van der Waals surface area contributed by atoms with Crippen LogP contribution in [-0.4, -0.2) is 43.3 Å². The Morgan fingerprint density at radius 2 is 1.55 bits per heavy atom. The minimum atomic E-state index is -0.566. The van der Waals surface area contributed by atoms with E-state index in [4.69, 9.17) is 25.8 Å². The molecule has 2 aliphatic carbocycles. The highest BCUT2D eigenvalue weighted by molar-refractivity contribution is 6.32. The molecule has 0 aromatic heterocycles. The summed E-state index contributed by atoms with van der Waals surface area (Å²) in [7, 11) is 1.69. The number of rotatable bonds is 10. The minimum Gasteiger partial charge on any atom is -0.490 e. The van der Waals surface area contributed by atoms with E-state index in [-0.39, 0.29) is 39.8 Å². The lowest BCUT2D eigenvalue weighted by Gasteiger charge is -2.49. The first-order valence-corrected chi connectivity index (χ1v) is 15.8. The van der Waals surface area contributed by atoms with Crippen molar-refractivity contribution in [3.05, 3.63) is 80.9 Å². The van der Waals surface area contributed by atoms with Crippen LogP contribution in [0.4, 0.5) is 4.39 Å². The van der Waals surface area contributed by atoms with E-state index in [2.05, 4.69) is 32.6 Å². The van der Waals surface area contributed by atoms with Gasteiger partial charge in [-0.2, -0.15) is 0 Å². The molecule has 0 atom stereocenters. The predicted octanol–water partition coefficient (Wildman–Crippen LogP) is 8.18. The van der Waals surface area contributed by atoms with Crippen molar-refractivity contribution >= 4 is 23.2 Å². The molecule has 5 rings (SSSR count). The second-order valence-electron chi connectivity index (χ2n) is 13.7. The Labute approximate surface area is 265 Å². The molecule has 0 spiro atoms. The summed E-state index contributed by atoms with van der Waals surface area (Å²) in [6.45, 7) is 11.9. The van der Waals surface area contributed by atoms with Crippen molar-refractivity contribution in [3.8, 4) is 11.5 Å². The third-order valence-electron chi connectivity index (χ3n) is 8.75. The van der Waals surface area contributed by atoms with Crippen LogP contribution in [0, 0.1) is 16.6 Å². The van der Waals surface area contributed by atoms with E-state index >= 15 is 0 Å². The predicted molar refractivity (Wildman–Crippen MR) is 169 cm³/mol. The SMILES string of the molecule is CCOc1cc(C2C3=C(CC(C)(C)CC3=O)N(CCCOC)C3=C2C(=O)CC(C)(C)C3)cc(Cl)c1OCc1ccccc1F. The lowest BCUT2D eigenvalue weighted by atomic mass is 9.63. The van der Waals surface area contributed by atoms with Crippen LogP contribution >= 0.6 is 11.6 Å². The second-order valence-corrected chi connectivity index (χ2v) is 14.1. The lowest BCUT2D eigenvalue weighted by molar-refractivity contribution is -0.119. The third-order valence-corrected chi connectivity index (χ3v) is 9.03. The van der Waals surface area contributed by atoms with E-state index < -0.39 is 5.92 Å². The smallest absolute Gasteiger partial charge is 0.180 e. The molecule has 44 heavy (non-hydrogen) atoms. The van der Waals surface area contributed by atoms with Crippen LogP contribution in [-0.2, 0) is 20.9 Å². The molecule has 8 heteroatoms. The first-order valence-electron chi connectivity index (χ1n) is 15.5. The molecule has 0 radical (unpaired) electrons. The van der Waals surface area contributed by atoms with Crippen molar-refractivity contribution in [2.75, 3.05) is 26.9 Å². The van der Waals surface area contributed by atoms with Gasteiger partial charge in [0.15, 0.2) is 23.1 Å². The van der Waals surface area contributed by atoms with Crippen LogP contribution in [0.3, 0.4) is 0 Å². The molecular weight excluding hydrogens is 581 g/mol. The van der Waals surface area contributed by atoms with Crippen LogP contribution in [0.1, 0.15) is 83.8 Å². The van der Waals surface area contributed by atoms with E-state index in [1.165, 1.54) is 6.07 Å². The van der Waals surface area contributed by atoms with Crippen LogP contribution in [0.5, 0.6) is 11.5 Å². The maximum atomic E-state index is 14.3. The second kappa shape index (κ2) is 12.7. The van der Waals surface area contributed by atoms with E-state index in [9.17, 15) is 14.0 Å².